The van der Waals surface area contributed by atoms with E-state index in [9.17, 15) is 0 Å². The molecule has 0 radical (unpaired) electrons. The van der Waals surface area contributed by atoms with Crippen molar-refractivity contribution in [3.63, 3.8) is 0 Å². The van der Waals surface area contributed by atoms with Crippen molar-refractivity contribution in [3.8, 4) is 11.3 Å². The van der Waals surface area contributed by atoms with Crippen LogP contribution in [0, 0.1) is 0 Å². The number of hydrogen-bond donors (Lipinski definition) is 1. The van der Waals surface area contributed by atoms with Gasteiger partial charge < -0.3 is 10.2 Å². The fraction of sp³-hybridized carbons (Fsp3) is 0.227. The lowest BCUT2D eigenvalue weighted by Crippen LogP contribution is -2.25. The van der Waals surface area contributed by atoms with Crippen LogP contribution in [0.15, 0.2) is 48.0 Å². The maximum atomic E-state index is 4.97. The highest BCUT2D eigenvalue weighted by Gasteiger charge is 2.23. The fourth-order valence-corrected chi connectivity index (χ4v) is 4.84. The zero-order valence-electron chi connectivity index (χ0n) is 15.4. The van der Waals surface area contributed by atoms with Crippen molar-refractivity contribution >= 4 is 33.2 Å². The van der Waals surface area contributed by atoms with Crippen LogP contribution >= 0.6 is 11.3 Å². The SMILES string of the molecule is c1cc2nc(-c3ccc4c(c3)CCN4c3ccc4c(n3)CCNC4)cnc2s1. The third kappa shape index (κ3) is 2.60. The number of nitrogens with one attached hydrogen (secondary N) is 1. The van der Waals surface area contributed by atoms with E-state index in [-0.39, 0.29) is 0 Å². The van der Waals surface area contributed by atoms with Gasteiger partial charge in [0.25, 0.3) is 0 Å². The van der Waals surface area contributed by atoms with E-state index in [0.29, 0.717) is 0 Å². The zero-order valence-corrected chi connectivity index (χ0v) is 16.2. The van der Waals surface area contributed by atoms with Crippen LogP contribution in [0.25, 0.3) is 21.6 Å². The van der Waals surface area contributed by atoms with Gasteiger partial charge >= 0.3 is 0 Å². The van der Waals surface area contributed by atoms with Crippen molar-refractivity contribution in [1.82, 2.24) is 20.3 Å². The van der Waals surface area contributed by atoms with Gasteiger partial charge in [-0.05, 0) is 47.2 Å². The highest BCUT2D eigenvalue weighted by atomic mass is 32.1. The summed E-state index contributed by atoms with van der Waals surface area (Å²) in [6.07, 6.45) is 3.91. The molecule has 6 rings (SSSR count). The van der Waals surface area contributed by atoms with Crippen molar-refractivity contribution in [2.45, 2.75) is 19.4 Å². The van der Waals surface area contributed by atoms with E-state index in [1.165, 1.54) is 22.5 Å². The average Bonchev–Trinajstić information content (AvgIpc) is 3.39. The van der Waals surface area contributed by atoms with Crippen LogP contribution < -0.4 is 10.2 Å². The molecule has 28 heavy (non-hydrogen) atoms. The van der Waals surface area contributed by atoms with E-state index >= 15 is 0 Å². The summed E-state index contributed by atoms with van der Waals surface area (Å²) in [6, 6.07) is 13.0. The Morgan fingerprint density at radius 2 is 2.00 bits per heavy atom. The molecule has 0 amide bonds. The van der Waals surface area contributed by atoms with E-state index < -0.39 is 0 Å². The van der Waals surface area contributed by atoms with Gasteiger partial charge in [-0.3, -0.25) is 0 Å². The largest absolute Gasteiger partial charge is 0.326 e. The van der Waals surface area contributed by atoms with Gasteiger partial charge in [0.1, 0.15) is 16.2 Å². The molecule has 2 aliphatic heterocycles. The van der Waals surface area contributed by atoms with Crippen molar-refractivity contribution in [2.75, 3.05) is 18.0 Å². The second-order valence-corrected chi connectivity index (χ2v) is 8.21. The standard InChI is InChI=1S/C22H19N5S/c1-3-20-15(11-14(1)19-13-24-22-18(25-19)7-10-28-22)6-9-27(20)21-4-2-16-12-23-8-5-17(16)26-21/h1-4,7,10-11,13,23H,5-6,8-9,12H2. The van der Waals surface area contributed by atoms with Gasteiger partial charge in [-0.2, -0.15) is 0 Å². The topological polar surface area (TPSA) is 53.9 Å². The Morgan fingerprint density at radius 3 is 3.00 bits per heavy atom. The maximum absolute atomic E-state index is 4.97. The summed E-state index contributed by atoms with van der Waals surface area (Å²) in [5, 5.41) is 5.45. The molecule has 5 heterocycles. The van der Waals surface area contributed by atoms with E-state index in [2.05, 4.69) is 45.5 Å². The Bertz CT molecular complexity index is 1200. The molecule has 3 aromatic heterocycles. The predicted molar refractivity (Wildman–Crippen MR) is 113 cm³/mol. The van der Waals surface area contributed by atoms with Gasteiger partial charge in [-0.15, -0.1) is 11.3 Å². The summed E-state index contributed by atoms with van der Waals surface area (Å²) >= 11 is 1.63. The number of fused-ring (bicyclic) bond motifs is 3. The summed E-state index contributed by atoms with van der Waals surface area (Å²) in [6.45, 7) is 2.91. The number of rotatable bonds is 2. The highest BCUT2D eigenvalue weighted by molar-refractivity contribution is 7.16. The molecule has 0 unspecified atom stereocenters. The molecule has 1 N–H and O–H groups in total. The van der Waals surface area contributed by atoms with E-state index in [1.54, 1.807) is 11.3 Å². The van der Waals surface area contributed by atoms with E-state index in [0.717, 1.165) is 59.9 Å². The zero-order chi connectivity index (χ0) is 18.5. The summed E-state index contributed by atoms with van der Waals surface area (Å²) in [5.74, 6) is 1.06. The lowest BCUT2D eigenvalue weighted by molar-refractivity contribution is 0.630. The number of thiophene rings is 1. The molecule has 0 saturated heterocycles. The second kappa shape index (κ2) is 6.36. The molecule has 0 fully saturated rings. The monoisotopic (exact) mass is 385 g/mol. The lowest BCUT2D eigenvalue weighted by Gasteiger charge is -2.22. The average molecular weight is 385 g/mol. The smallest absolute Gasteiger partial charge is 0.141 e. The number of benzene rings is 1. The predicted octanol–water partition coefficient (Wildman–Crippen LogP) is 4.09. The molecule has 138 valence electrons. The Hall–Kier alpha value is -2.83. The van der Waals surface area contributed by atoms with E-state index in [4.69, 9.17) is 9.97 Å². The molecule has 1 aromatic carbocycles. The van der Waals surface area contributed by atoms with Crippen LogP contribution in [-0.4, -0.2) is 28.0 Å². The first-order chi connectivity index (χ1) is 13.8. The summed E-state index contributed by atoms with van der Waals surface area (Å²) in [5.41, 5.74) is 8.21. The minimum atomic E-state index is 0.929. The Labute approximate surface area is 167 Å². The number of aromatic nitrogens is 3. The Balaban J connectivity index is 1.35. The van der Waals surface area contributed by atoms with E-state index in [1.807, 2.05) is 17.6 Å². The van der Waals surface area contributed by atoms with Crippen LogP contribution in [0.2, 0.25) is 0 Å². The first-order valence-corrected chi connectivity index (χ1v) is 10.5. The molecule has 0 spiro atoms. The summed E-state index contributed by atoms with van der Waals surface area (Å²) in [4.78, 5) is 17.6. The minimum Gasteiger partial charge on any atom is -0.326 e. The molecule has 4 aromatic rings. The van der Waals surface area contributed by atoms with Crippen LogP contribution in [-0.2, 0) is 19.4 Å². The molecule has 0 aliphatic carbocycles. The summed E-state index contributed by atoms with van der Waals surface area (Å²) < 4.78 is 0. The number of hydrogen-bond acceptors (Lipinski definition) is 6. The third-order valence-corrected chi connectivity index (χ3v) is 6.43. The summed E-state index contributed by atoms with van der Waals surface area (Å²) in [7, 11) is 0. The van der Waals surface area contributed by atoms with Gasteiger partial charge in [0.15, 0.2) is 0 Å². The molecular weight excluding hydrogens is 366 g/mol. The lowest BCUT2D eigenvalue weighted by atomic mass is 10.1. The number of anilines is 2. The van der Waals surface area contributed by atoms with Gasteiger partial charge in [-0.25, -0.2) is 15.0 Å². The maximum Gasteiger partial charge on any atom is 0.141 e. The van der Waals surface area contributed by atoms with Crippen molar-refractivity contribution in [3.05, 3.63) is 64.8 Å². The molecule has 0 saturated carbocycles. The van der Waals surface area contributed by atoms with Crippen LogP contribution in [0.3, 0.4) is 0 Å². The second-order valence-electron chi connectivity index (χ2n) is 7.31. The number of nitrogens with zero attached hydrogens (tertiary/aromatic N) is 4. The van der Waals surface area contributed by atoms with Gasteiger partial charge in [0, 0.05) is 43.0 Å². The molecular formula is C22H19N5S. The normalized spacial score (nSPS) is 15.6. The van der Waals surface area contributed by atoms with Crippen molar-refractivity contribution in [2.24, 2.45) is 0 Å². The van der Waals surface area contributed by atoms with Crippen LogP contribution in [0.5, 0.6) is 0 Å². The van der Waals surface area contributed by atoms with Crippen molar-refractivity contribution in [1.29, 1.82) is 0 Å². The van der Waals surface area contributed by atoms with Crippen LogP contribution in [0.4, 0.5) is 11.5 Å². The molecule has 0 atom stereocenters. The van der Waals surface area contributed by atoms with Gasteiger partial charge in [0.05, 0.1) is 11.9 Å². The Kier molecular flexibility index (Phi) is 3.67. The highest BCUT2D eigenvalue weighted by Crippen LogP contribution is 2.36. The Morgan fingerprint density at radius 1 is 1.00 bits per heavy atom. The molecule has 0 bridgehead atoms. The quantitative estimate of drug-likeness (QED) is 0.563. The van der Waals surface area contributed by atoms with Gasteiger partial charge in [-0.1, -0.05) is 12.1 Å². The van der Waals surface area contributed by atoms with Crippen LogP contribution in [0.1, 0.15) is 16.8 Å². The first-order valence-electron chi connectivity index (χ1n) is 9.66. The molecule has 2 aliphatic rings. The minimum absolute atomic E-state index is 0.929. The molecule has 5 nitrogen and oxygen atoms in total. The molecule has 6 heteroatoms. The van der Waals surface area contributed by atoms with Crippen molar-refractivity contribution < 1.29 is 0 Å². The fourth-order valence-electron chi connectivity index (χ4n) is 4.17. The third-order valence-electron chi connectivity index (χ3n) is 5.62. The first kappa shape index (κ1) is 16.2. The van der Waals surface area contributed by atoms with Gasteiger partial charge in [0.2, 0.25) is 0 Å². The number of pyridine rings is 1.